The maximum atomic E-state index is 8.15. The van der Waals surface area contributed by atoms with Gasteiger partial charge in [-0.25, -0.2) is 0 Å². The Hall–Kier alpha value is -2.43. The van der Waals surface area contributed by atoms with Crippen LogP contribution in [0.15, 0.2) is 54.6 Å². The van der Waals surface area contributed by atoms with Gasteiger partial charge < -0.3 is 15.9 Å². The molecule has 0 spiro atoms. The van der Waals surface area contributed by atoms with Crippen molar-refractivity contribution in [3.05, 3.63) is 71.3 Å². The van der Waals surface area contributed by atoms with Crippen molar-refractivity contribution in [1.82, 2.24) is 4.90 Å². The molecule has 0 bridgehead atoms. The summed E-state index contributed by atoms with van der Waals surface area (Å²) in [6, 6.07) is 15.9. The minimum absolute atomic E-state index is 0.422. The zero-order chi connectivity index (χ0) is 16.8. The number of nitrogen functional groups attached to an aromatic ring is 1. The van der Waals surface area contributed by atoms with E-state index in [2.05, 4.69) is 29.2 Å². The molecule has 4 heteroatoms. The molecular formula is C20H23N3O. The number of allylic oxidation sites excluding steroid dienone is 1. The third-order valence-corrected chi connectivity index (χ3v) is 4.18. The largest absolute Gasteiger partial charge is 0.398 e. The van der Waals surface area contributed by atoms with Gasteiger partial charge in [0.1, 0.15) is 0 Å². The molecule has 3 rings (SSSR count). The topological polar surface area (TPSA) is 62.3 Å². The molecule has 0 amide bonds. The van der Waals surface area contributed by atoms with Crippen LogP contribution in [0.2, 0.25) is 0 Å². The van der Waals surface area contributed by atoms with E-state index >= 15 is 0 Å². The van der Waals surface area contributed by atoms with E-state index in [1.807, 2.05) is 30.3 Å². The first-order valence-corrected chi connectivity index (χ1v) is 8.23. The first-order chi connectivity index (χ1) is 11.7. The summed E-state index contributed by atoms with van der Waals surface area (Å²) in [5.41, 5.74) is 10.1. The Labute approximate surface area is 143 Å². The van der Waals surface area contributed by atoms with Crippen LogP contribution in [0.4, 0.5) is 5.69 Å². The van der Waals surface area contributed by atoms with Gasteiger partial charge in [0.25, 0.3) is 0 Å². The van der Waals surface area contributed by atoms with E-state index in [0.29, 0.717) is 11.4 Å². The highest BCUT2D eigenvalue weighted by atomic mass is 16.5. The van der Waals surface area contributed by atoms with Crippen molar-refractivity contribution in [2.75, 3.05) is 32.0 Å². The molecule has 3 N–H and O–H groups in total. The molecule has 1 fully saturated rings. The van der Waals surface area contributed by atoms with Crippen LogP contribution in [0, 0.1) is 5.41 Å². The molecule has 0 radical (unpaired) electrons. The van der Waals surface area contributed by atoms with Crippen molar-refractivity contribution in [1.29, 1.82) is 5.41 Å². The first kappa shape index (κ1) is 16.4. The second-order valence-corrected chi connectivity index (χ2v) is 5.96. The first-order valence-electron chi connectivity index (χ1n) is 8.23. The average Bonchev–Trinajstić information content (AvgIpc) is 2.62. The molecule has 1 saturated heterocycles. The van der Waals surface area contributed by atoms with Gasteiger partial charge in [-0.15, -0.1) is 0 Å². The number of hydrogen-bond donors (Lipinski definition) is 2. The molecule has 4 nitrogen and oxygen atoms in total. The Kier molecular flexibility index (Phi) is 5.41. The van der Waals surface area contributed by atoms with E-state index in [9.17, 15) is 0 Å². The van der Waals surface area contributed by atoms with Gasteiger partial charge in [0.15, 0.2) is 0 Å². The molecule has 1 heterocycles. The number of hydrogen-bond acceptors (Lipinski definition) is 4. The second kappa shape index (κ2) is 7.90. The number of nitrogens with two attached hydrogens (primary N) is 1. The van der Waals surface area contributed by atoms with Crippen molar-refractivity contribution in [2.24, 2.45) is 0 Å². The Morgan fingerprint density at radius 3 is 2.50 bits per heavy atom. The molecular weight excluding hydrogens is 298 g/mol. The highest BCUT2D eigenvalue weighted by molar-refractivity contribution is 6.11. The predicted octanol–water partition coefficient (Wildman–Crippen LogP) is 3.18. The molecule has 24 heavy (non-hydrogen) atoms. The van der Waals surface area contributed by atoms with Crippen LogP contribution >= 0.6 is 0 Å². The van der Waals surface area contributed by atoms with Crippen molar-refractivity contribution < 1.29 is 4.74 Å². The normalized spacial score (nSPS) is 15.7. The summed E-state index contributed by atoms with van der Waals surface area (Å²) < 4.78 is 5.38. The summed E-state index contributed by atoms with van der Waals surface area (Å²) in [5.74, 6) is 0. The van der Waals surface area contributed by atoms with Gasteiger partial charge >= 0.3 is 0 Å². The minimum atomic E-state index is 0.422. The van der Waals surface area contributed by atoms with Crippen molar-refractivity contribution in [2.45, 2.75) is 6.54 Å². The van der Waals surface area contributed by atoms with E-state index in [-0.39, 0.29) is 0 Å². The number of para-hydroxylation sites is 1. The van der Waals surface area contributed by atoms with Crippen LogP contribution < -0.4 is 5.73 Å². The number of anilines is 1. The van der Waals surface area contributed by atoms with Crippen LogP contribution in [-0.4, -0.2) is 36.9 Å². The smallest absolute Gasteiger partial charge is 0.0633 e. The summed E-state index contributed by atoms with van der Waals surface area (Å²) in [7, 11) is 0. The fraction of sp³-hybridized carbons (Fsp3) is 0.250. The molecule has 0 saturated carbocycles. The summed E-state index contributed by atoms with van der Waals surface area (Å²) in [6.07, 6.45) is 3.75. The molecule has 2 aromatic carbocycles. The number of benzene rings is 2. The van der Waals surface area contributed by atoms with Crippen LogP contribution in [0.3, 0.4) is 0 Å². The number of rotatable bonds is 5. The van der Waals surface area contributed by atoms with E-state index in [1.54, 1.807) is 6.08 Å². The maximum Gasteiger partial charge on any atom is 0.0633 e. The summed E-state index contributed by atoms with van der Waals surface area (Å²) >= 11 is 0. The van der Waals surface area contributed by atoms with Crippen molar-refractivity contribution in [3.8, 4) is 0 Å². The van der Waals surface area contributed by atoms with Gasteiger partial charge in [0.05, 0.1) is 18.9 Å². The summed E-state index contributed by atoms with van der Waals surface area (Å²) in [4.78, 5) is 2.40. The average molecular weight is 321 g/mol. The Morgan fingerprint density at radius 1 is 1.08 bits per heavy atom. The van der Waals surface area contributed by atoms with E-state index in [0.717, 1.165) is 44.0 Å². The van der Waals surface area contributed by atoms with Crippen LogP contribution in [0.25, 0.3) is 6.08 Å². The minimum Gasteiger partial charge on any atom is -0.398 e. The molecule has 1 aliphatic heterocycles. The fourth-order valence-corrected chi connectivity index (χ4v) is 2.76. The van der Waals surface area contributed by atoms with E-state index in [1.165, 1.54) is 5.56 Å². The molecule has 0 aliphatic carbocycles. The Morgan fingerprint density at radius 2 is 1.79 bits per heavy atom. The van der Waals surface area contributed by atoms with Crippen molar-refractivity contribution >= 4 is 17.5 Å². The lowest BCUT2D eigenvalue weighted by Gasteiger charge is -2.26. The molecule has 0 atom stereocenters. The lowest BCUT2D eigenvalue weighted by Crippen LogP contribution is -2.35. The summed E-state index contributed by atoms with van der Waals surface area (Å²) in [6.45, 7) is 4.61. The van der Waals surface area contributed by atoms with Gasteiger partial charge in [-0.05, 0) is 23.3 Å². The molecule has 124 valence electrons. The number of ether oxygens (including phenoxy) is 1. The lowest BCUT2D eigenvalue weighted by atomic mass is 10.1. The predicted molar refractivity (Wildman–Crippen MR) is 99.3 cm³/mol. The van der Waals surface area contributed by atoms with Gasteiger partial charge in [-0.2, -0.15) is 0 Å². The SMILES string of the molecule is N=C(/C=C/c1ccc(CN2CCOCC2)cc1)c1ccccc1N. The van der Waals surface area contributed by atoms with Crippen LogP contribution in [-0.2, 0) is 11.3 Å². The van der Waals surface area contributed by atoms with E-state index < -0.39 is 0 Å². The van der Waals surface area contributed by atoms with Crippen molar-refractivity contribution in [3.63, 3.8) is 0 Å². The fourth-order valence-electron chi connectivity index (χ4n) is 2.76. The Bertz CT molecular complexity index is 716. The quantitative estimate of drug-likeness (QED) is 0.657. The maximum absolute atomic E-state index is 8.15. The third kappa shape index (κ3) is 4.31. The molecule has 1 aliphatic rings. The van der Waals surface area contributed by atoms with Gasteiger partial charge in [0.2, 0.25) is 0 Å². The molecule has 0 unspecified atom stereocenters. The second-order valence-electron chi connectivity index (χ2n) is 5.96. The van der Waals surface area contributed by atoms with E-state index in [4.69, 9.17) is 15.9 Å². The zero-order valence-electron chi connectivity index (χ0n) is 13.7. The van der Waals surface area contributed by atoms with Crippen LogP contribution in [0.1, 0.15) is 16.7 Å². The van der Waals surface area contributed by atoms with Gasteiger partial charge in [-0.3, -0.25) is 4.90 Å². The standard InChI is InChI=1S/C20H23N3O/c21-19-4-2-1-3-18(19)20(22)10-9-16-5-7-17(8-6-16)15-23-11-13-24-14-12-23/h1-10,22H,11-15,21H2/b10-9+,22-20?. The zero-order valence-corrected chi connectivity index (χ0v) is 13.7. The third-order valence-electron chi connectivity index (χ3n) is 4.18. The number of nitrogens with one attached hydrogen (secondary N) is 1. The highest BCUT2D eigenvalue weighted by Gasteiger charge is 2.10. The van der Waals surface area contributed by atoms with Crippen LogP contribution in [0.5, 0.6) is 0 Å². The number of morpholine rings is 1. The summed E-state index contributed by atoms with van der Waals surface area (Å²) in [5, 5.41) is 8.15. The lowest BCUT2D eigenvalue weighted by molar-refractivity contribution is 0.0342. The monoisotopic (exact) mass is 321 g/mol. The molecule has 2 aromatic rings. The number of nitrogens with zero attached hydrogens (tertiary/aromatic N) is 1. The highest BCUT2D eigenvalue weighted by Crippen LogP contribution is 2.14. The molecule has 0 aromatic heterocycles. The van der Waals surface area contributed by atoms with Gasteiger partial charge in [0, 0.05) is 30.9 Å². The Balaban J connectivity index is 1.61. The van der Waals surface area contributed by atoms with Gasteiger partial charge in [-0.1, -0.05) is 48.5 Å².